The zero-order valence-electron chi connectivity index (χ0n) is 13.2. The van der Waals surface area contributed by atoms with Crippen molar-refractivity contribution >= 4 is 12.0 Å². The van der Waals surface area contributed by atoms with E-state index in [2.05, 4.69) is 5.32 Å². The van der Waals surface area contributed by atoms with E-state index >= 15 is 0 Å². The summed E-state index contributed by atoms with van der Waals surface area (Å²) in [5.41, 5.74) is 5.39. The summed E-state index contributed by atoms with van der Waals surface area (Å²) in [6.45, 7) is 5.25. The summed E-state index contributed by atoms with van der Waals surface area (Å²) < 4.78 is 5.18. The molecule has 0 aliphatic heterocycles. The Morgan fingerprint density at radius 3 is 2.36 bits per heavy atom. The van der Waals surface area contributed by atoms with Gasteiger partial charge in [-0.05, 0) is 32.8 Å². The van der Waals surface area contributed by atoms with Crippen molar-refractivity contribution < 1.29 is 19.4 Å². The second-order valence-corrected chi connectivity index (χ2v) is 6.18. The molecule has 0 spiro atoms. The van der Waals surface area contributed by atoms with Crippen molar-refractivity contribution in [3.63, 3.8) is 0 Å². The number of alkyl carbamates (subject to hydrolysis) is 1. The molecule has 0 aromatic heterocycles. The van der Waals surface area contributed by atoms with Crippen LogP contribution < -0.4 is 11.1 Å². The molecule has 22 heavy (non-hydrogen) atoms. The van der Waals surface area contributed by atoms with E-state index in [0.29, 0.717) is 6.42 Å². The Morgan fingerprint density at radius 1 is 1.27 bits per heavy atom. The number of aliphatic hydroxyl groups is 1. The first kappa shape index (κ1) is 18.0. The van der Waals surface area contributed by atoms with E-state index in [0.717, 1.165) is 5.56 Å². The van der Waals surface area contributed by atoms with Crippen LogP contribution in [0.4, 0.5) is 4.79 Å². The Labute approximate surface area is 130 Å². The van der Waals surface area contributed by atoms with Gasteiger partial charge in [0.1, 0.15) is 5.60 Å². The molecule has 0 fully saturated rings. The zero-order chi connectivity index (χ0) is 16.8. The molecule has 2 amide bonds. The van der Waals surface area contributed by atoms with E-state index in [4.69, 9.17) is 10.5 Å². The van der Waals surface area contributed by atoms with Crippen LogP contribution in [0.3, 0.4) is 0 Å². The molecule has 1 aromatic rings. The molecular weight excluding hydrogens is 284 g/mol. The number of primary amides is 1. The number of benzene rings is 1. The van der Waals surface area contributed by atoms with Gasteiger partial charge in [0.05, 0.1) is 18.6 Å². The highest BCUT2D eigenvalue weighted by Gasteiger charge is 2.26. The molecule has 4 N–H and O–H groups in total. The minimum atomic E-state index is -1.08. The fourth-order valence-electron chi connectivity index (χ4n) is 1.96. The summed E-state index contributed by atoms with van der Waals surface area (Å²) in [5.74, 6) is -0.628. The molecule has 0 saturated carbocycles. The van der Waals surface area contributed by atoms with Gasteiger partial charge in [-0.3, -0.25) is 4.79 Å². The largest absolute Gasteiger partial charge is 0.444 e. The predicted octanol–water partition coefficient (Wildman–Crippen LogP) is 1.36. The van der Waals surface area contributed by atoms with Gasteiger partial charge in [0.15, 0.2) is 0 Å². The highest BCUT2D eigenvalue weighted by atomic mass is 16.6. The van der Waals surface area contributed by atoms with E-state index < -0.39 is 29.7 Å². The number of rotatable bonds is 6. The van der Waals surface area contributed by atoms with Gasteiger partial charge in [-0.25, -0.2) is 4.79 Å². The fraction of sp³-hybridized carbons (Fsp3) is 0.500. The summed E-state index contributed by atoms with van der Waals surface area (Å²) in [6.07, 6.45) is -1.58. The average Bonchev–Trinajstić information content (AvgIpc) is 2.36. The van der Waals surface area contributed by atoms with E-state index in [-0.39, 0.29) is 6.42 Å². The minimum Gasteiger partial charge on any atom is -0.444 e. The lowest BCUT2D eigenvalue weighted by atomic mass is 9.99. The lowest BCUT2D eigenvalue weighted by Crippen LogP contribution is -2.47. The number of nitrogens with one attached hydrogen (secondary N) is 1. The van der Waals surface area contributed by atoms with E-state index in [1.165, 1.54) is 0 Å². The van der Waals surface area contributed by atoms with Crippen molar-refractivity contribution in [2.24, 2.45) is 5.73 Å². The molecule has 1 aromatic carbocycles. The van der Waals surface area contributed by atoms with Crippen LogP contribution in [0.25, 0.3) is 0 Å². The second kappa shape index (κ2) is 7.79. The fourth-order valence-corrected chi connectivity index (χ4v) is 1.96. The normalized spacial score (nSPS) is 14.0. The van der Waals surface area contributed by atoms with Crippen LogP contribution in [0.5, 0.6) is 0 Å². The Kier molecular flexibility index (Phi) is 6.37. The number of aliphatic hydroxyl groups excluding tert-OH is 1. The number of amides is 2. The molecule has 0 aliphatic carbocycles. The average molecular weight is 308 g/mol. The van der Waals surface area contributed by atoms with Crippen LogP contribution in [0.2, 0.25) is 0 Å². The van der Waals surface area contributed by atoms with Crippen molar-refractivity contribution in [2.45, 2.75) is 51.4 Å². The Bertz CT molecular complexity index is 497. The summed E-state index contributed by atoms with van der Waals surface area (Å²) in [4.78, 5) is 22.9. The van der Waals surface area contributed by atoms with Crippen LogP contribution in [0, 0.1) is 0 Å². The van der Waals surface area contributed by atoms with Crippen molar-refractivity contribution in [2.75, 3.05) is 0 Å². The number of nitrogens with two attached hydrogens (primary N) is 1. The third-order valence-corrected chi connectivity index (χ3v) is 2.88. The molecule has 0 bridgehead atoms. The summed E-state index contributed by atoms with van der Waals surface area (Å²) in [6, 6.07) is 8.69. The molecule has 0 aliphatic rings. The molecule has 1 rings (SSSR count). The monoisotopic (exact) mass is 308 g/mol. The van der Waals surface area contributed by atoms with Crippen molar-refractivity contribution in [3.05, 3.63) is 35.9 Å². The van der Waals surface area contributed by atoms with Crippen molar-refractivity contribution in [1.82, 2.24) is 5.32 Å². The van der Waals surface area contributed by atoms with Crippen LogP contribution in [0.15, 0.2) is 30.3 Å². The van der Waals surface area contributed by atoms with Gasteiger partial charge in [-0.2, -0.15) is 0 Å². The molecular formula is C16H24N2O4. The molecule has 6 heteroatoms. The first-order valence-corrected chi connectivity index (χ1v) is 7.17. The SMILES string of the molecule is CC(C)(C)OC(=O)N[C@@H](Cc1ccccc1)[C@@H](O)CC(N)=O. The molecule has 122 valence electrons. The smallest absolute Gasteiger partial charge is 0.407 e. The maximum Gasteiger partial charge on any atom is 0.407 e. The quantitative estimate of drug-likeness (QED) is 0.738. The zero-order valence-corrected chi connectivity index (χ0v) is 13.2. The summed E-state index contributed by atoms with van der Waals surface area (Å²) in [5, 5.41) is 12.7. The van der Waals surface area contributed by atoms with Gasteiger partial charge in [-0.1, -0.05) is 30.3 Å². The lowest BCUT2D eigenvalue weighted by molar-refractivity contribution is -0.120. The predicted molar refractivity (Wildman–Crippen MR) is 83.1 cm³/mol. The third-order valence-electron chi connectivity index (χ3n) is 2.88. The maximum absolute atomic E-state index is 11.9. The number of hydrogen-bond acceptors (Lipinski definition) is 4. The maximum atomic E-state index is 11.9. The Morgan fingerprint density at radius 2 is 1.86 bits per heavy atom. The van der Waals surface area contributed by atoms with Crippen LogP contribution >= 0.6 is 0 Å². The number of hydrogen-bond donors (Lipinski definition) is 3. The molecule has 6 nitrogen and oxygen atoms in total. The molecule has 0 heterocycles. The van der Waals surface area contributed by atoms with E-state index in [9.17, 15) is 14.7 Å². The highest BCUT2D eigenvalue weighted by molar-refractivity contribution is 5.74. The van der Waals surface area contributed by atoms with Gasteiger partial charge in [-0.15, -0.1) is 0 Å². The van der Waals surface area contributed by atoms with Gasteiger partial charge < -0.3 is 20.9 Å². The van der Waals surface area contributed by atoms with Crippen molar-refractivity contribution in [3.8, 4) is 0 Å². The molecule has 0 unspecified atom stereocenters. The van der Waals surface area contributed by atoms with E-state index in [1.807, 2.05) is 30.3 Å². The minimum absolute atomic E-state index is 0.229. The lowest BCUT2D eigenvalue weighted by Gasteiger charge is -2.26. The van der Waals surface area contributed by atoms with Gasteiger partial charge in [0.2, 0.25) is 5.91 Å². The Hall–Kier alpha value is -2.08. The Balaban J connectivity index is 2.77. The van der Waals surface area contributed by atoms with Crippen LogP contribution in [-0.2, 0) is 16.0 Å². The number of carbonyl (C=O) groups is 2. The summed E-state index contributed by atoms with van der Waals surface area (Å²) >= 11 is 0. The van der Waals surface area contributed by atoms with E-state index in [1.54, 1.807) is 20.8 Å². The molecule has 0 radical (unpaired) electrons. The topological polar surface area (TPSA) is 102 Å². The third kappa shape index (κ3) is 7.08. The first-order chi connectivity index (χ1) is 10.2. The highest BCUT2D eigenvalue weighted by Crippen LogP contribution is 2.11. The first-order valence-electron chi connectivity index (χ1n) is 7.17. The van der Waals surface area contributed by atoms with Gasteiger partial charge >= 0.3 is 6.09 Å². The molecule has 2 atom stereocenters. The van der Waals surface area contributed by atoms with Crippen molar-refractivity contribution in [1.29, 1.82) is 0 Å². The van der Waals surface area contributed by atoms with Gasteiger partial charge in [0.25, 0.3) is 0 Å². The van der Waals surface area contributed by atoms with Gasteiger partial charge in [0, 0.05) is 0 Å². The van der Waals surface area contributed by atoms with Crippen LogP contribution in [0.1, 0.15) is 32.8 Å². The molecule has 0 saturated heterocycles. The van der Waals surface area contributed by atoms with Crippen LogP contribution in [-0.4, -0.2) is 34.9 Å². The standard InChI is InChI=1S/C16H24N2O4/c1-16(2,3)22-15(21)18-12(13(19)10-14(17)20)9-11-7-5-4-6-8-11/h4-8,12-13,19H,9-10H2,1-3H3,(H2,17,20)(H,18,21)/t12-,13-/m0/s1. The number of carbonyl (C=O) groups excluding carboxylic acids is 2. The second-order valence-electron chi connectivity index (χ2n) is 6.18. The number of ether oxygens (including phenoxy) is 1. The summed E-state index contributed by atoms with van der Waals surface area (Å²) in [7, 11) is 0.